The number of rotatable bonds is 4. The van der Waals surface area contributed by atoms with E-state index in [-0.39, 0.29) is 36.3 Å². The van der Waals surface area contributed by atoms with Crippen molar-refractivity contribution >= 4 is 36.4 Å². The molecule has 1 N–H and O–H groups in total. The molecule has 134 valence electrons. The van der Waals surface area contributed by atoms with Gasteiger partial charge in [-0.05, 0) is 24.1 Å². The zero-order valence-corrected chi connectivity index (χ0v) is 14.6. The Kier molecular flexibility index (Phi) is 9.77. The molecule has 0 aliphatic carbocycles. The van der Waals surface area contributed by atoms with Gasteiger partial charge in [0.1, 0.15) is 5.82 Å². The van der Waals surface area contributed by atoms with Crippen LogP contribution in [0.2, 0.25) is 5.02 Å². The van der Waals surface area contributed by atoms with E-state index >= 15 is 0 Å². The quantitative estimate of drug-likeness (QED) is 0.746. The van der Waals surface area contributed by atoms with E-state index in [9.17, 15) is 17.6 Å². The van der Waals surface area contributed by atoms with E-state index in [1.54, 1.807) is 6.07 Å². The highest BCUT2D eigenvalue weighted by molar-refractivity contribution is 6.30. The van der Waals surface area contributed by atoms with Gasteiger partial charge in [0, 0.05) is 38.6 Å². The molecule has 1 aromatic rings. The number of alkyl halides is 3. The molecule has 0 unspecified atom stereocenters. The highest BCUT2D eigenvalue weighted by Gasteiger charge is 2.31. The van der Waals surface area contributed by atoms with Gasteiger partial charge in [-0.25, -0.2) is 4.39 Å². The van der Waals surface area contributed by atoms with Gasteiger partial charge in [-0.1, -0.05) is 17.7 Å². The molecule has 0 spiro atoms. The first-order valence-electron chi connectivity index (χ1n) is 6.83. The molecule has 0 saturated carbocycles. The summed E-state index contributed by atoms with van der Waals surface area (Å²) in [7, 11) is 0. The molecule has 2 rings (SSSR count). The lowest BCUT2D eigenvalue weighted by atomic mass is 9.99. The zero-order chi connectivity index (χ0) is 15.5. The molecule has 1 saturated heterocycles. The van der Waals surface area contributed by atoms with Gasteiger partial charge < -0.3 is 5.32 Å². The largest absolute Gasteiger partial charge is 0.389 e. The number of nitrogens with one attached hydrogen (secondary N) is 1. The first-order chi connectivity index (χ1) is 9.87. The van der Waals surface area contributed by atoms with Crippen LogP contribution < -0.4 is 5.32 Å². The molecule has 0 bridgehead atoms. The number of benzene rings is 1. The third-order valence-electron chi connectivity index (χ3n) is 3.62. The zero-order valence-electron chi connectivity index (χ0n) is 12.2. The SMILES string of the molecule is Cl.Cl.Fc1cc([C@@H](CCC(F)(F)F)N2CCNCC2)ccc1Cl. The summed E-state index contributed by atoms with van der Waals surface area (Å²) in [5, 5.41) is 3.14. The van der Waals surface area contributed by atoms with Gasteiger partial charge >= 0.3 is 6.18 Å². The van der Waals surface area contributed by atoms with Gasteiger partial charge in [0.15, 0.2) is 0 Å². The van der Waals surface area contributed by atoms with Crippen LogP contribution in [0, 0.1) is 5.82 Å². The molecular weight excluding hydrogens is 379 g/mol. The normalized spacial score (nSPS) is 17.1. The second kappa shape index (κ2) is 9.89. The summed E-state index contributed by atoms with van der Waals surface area (Å²) in [6.45, 7) is 2.73. The minimum Gasteiger partial charge on any atom is -0.314 e. The van der Waals surface area contributed by atoms with Gasteiger partial charge in [-0.2, -0.15) is 13.2 Å². The van der Waals surface area contributed by atoms with Crippen molar-refractivity contribution in [1.82, 2.24) is 10.2 Å². The Balaban J connectivity index is 0.00000242. The van der Waals surface area contributed by atoms with Gasteiger partial charge in [0.05, 0.1) is 5.02 Å². The van der Waals surface area contributed by atoms with E-state index in [1.165, 1.54) is 12.1 Å². The lowest BCUT2D eigenvalue weighted by Gasteiger charge is -2.35. The van der Waals surface area contributed by atoms with Gasteiger partial charge in [0.25, 0.3) is 0 Å². The average molecular weight is 398 g/mol. The highest BCUT2D eigenvalue weighted by Crippen LogP contribution is 2.32. The van der Waals surface area contributed by atoms with Crippen LogP contribution in [0.1, 0.15) is 24.4 Å². The van der Waals surface area contributed by atoms with Crippen LogP contribution in [0.25, 0.3) is 0 Å². The van der Waals surface area contributed by atoms with Crippen molar-refractivity contribution in [2.75, 3.05) is 26.2 Å². The van der Waals surface area contributed by atoms with E-state index in [4.69, 9.17) is 11.6 Å². The van der Waals surface area contributed by atoms with Crippen molar-refractivity contribution in [2.24, 2.45) is 0 Å². The topological polar surface area (TPSA) is 15.3 Å². The molecule has 1 aliphatic rings. The second-order valence-corrected chi connectivity index (χ2v) is 5.54. The van der Waals surface area contributed by atoms with Crippen LogP contribution in [0.15, 0.2) is 18.2 Å². The molecule has 2 nitrogen and oxygen atoms in total. The second-order valence-electron chi connectivity index (χ2n) is 5.13. The summed E-state index contributed by atoms with van der Waals surface area (Å²) in [5.74, 6) is -0.596. The van der Waals surface area contributed by atoms with Crippen molar-refractivity contribution in [3.63, 3.8) is 0 Å². The van der Waals surface area contributed by atoms with Crippen LogP contribution in [-0.2, 0) is 0 Å². The van der Waals surface area contributed by atoms with E-state index in [2.05, 4.69) is 5.32 Å². The van der Waals surface area contributed by atoms with Crippen LogP contribution in [0.5, 0.6) is 0 Å². The lowest BCUT2D eigenvalue weighted by molar-refractivity contribution is -0.138. The predicted molar refractivity (Wildman–Crippen MR) is 88.4 cm³/mol. The molecule has 1 heterocycles. The molecule has 0 radical (unpaired) electrons. The third-order valence-corrected chi connectivity index (χ3v) is 3.93. The fourth-order valence-corrected chi connectivity index (χ4v) is 2.69. The van der Waals surface area contributed by atoms with Crippen molar-refractivity contribution in [1.29, 1.82) is 0 Å². The molecule has 1 aliphatic heterocycles. The van der Waals surface area contributed by atoms with Crippen molar-refractivity contribution in [3.05, 3.63) is 34.6 Å². The van der Waals surface area contributed by atoms with Gasteiger partial charge in [-0.15, -0.1) is 24.8 Å². The number of hydrogen-bond donors (Lipinski definition) is 1. The molecule has 1 aromatic carbocycles. The number of halogens is 7. The van der Waals surface area contributed by atoms with Gasteiger partial charge in [-0.3, -0.25) is 4.90 Å². The third kappa shape index (κ3) is 7.01. The van der Waals surface area contributed by atoms with E-state index in [0.717, 1.165) is 13.1 Å². The Bertz CT molecular complexity index is 480. The van der Waals surface area contributed by atoms with Crippen LogP contribution >= 0.6 is 36.4 Å². The first kappa shape index (κ1) is 22.7. The predicted octanol–water partition coefficient (Wildman–Crippen LogP) is 4.61. The molecule has 1 atom stereocenters. The van der Waals surface area contributed by atoms with Crippen molar-refractivity contribution in [3.8, 4) is 0 Å². The molecule has 23 heavy (non-hydrogen) atoms. The lowest BCUT2D eigenvalue weighted by Crippen LogP contribution is -2.45. The monoisotopic (exact) mass is 396 g/mol. The highest BCUT2D eigenvalue weighted by atomic mass is 35.5. The van der Waals surface area contributed by atoms with E-state index in [0.29, 0.717) is 18.7 Å². The average Bonchev–Trinajstić information content (AvgIpc) is 2.43. The first-order valence-corrected chi connectivity index (χ1v) is 7.21. The summed E-state index contributed by atoms with van der Waals surface area (Å²) in [6, 6.07) is 3.80. The van der Waals surface area contributed by atoms with Crippen molar-refractivity contribution in [2.45, 2.75) is 25.1 Å². The van der Waals surface area contributed by atoms with Crippen LogP contribution in [-0.4, -0.2) is 37.3 Å². The maximum Gasteiger partial charge on any atom is 0.389 e. The summed E-state index contributed by atoms with van der Waals surface area (Å²) in [4.78, 5) is 1.96. The van der Waals surface area contributed by atoms with Gasteiger partial charge in [0.2, 0.25) is 0 Å². The Labute approximate surface area is 150 Å². The summed E-state index contributed by atoms with van der Waals surface area (Å²) in [5.41, 5.74) is 0.544. The smallest absolute Gasteiger partial charge is 0.314 e. The summed E-state index contributed by atoms with van der Waals surface area (Å²) >= 11 is 5.64. The molecule has 9 heteroatoms. The van der Waals surface area contributed by atoms with E-state index in [1.807, 2.05) is 4.90 Å². The summed E-state index contributed by atoms with van der Waals surface area (Å²) < 4.78 is 51.1. The maximum atomic E-state index is 13.6. The maximum absolute atomic E-state index is 13.6. The minimum atomic E-state index is -4.21. The van der Waals surface area contributed by atoms with Crippen LogP contribution in [0.4, 0.5) is 17.6 Å². The number of nitrogens with zero attached hydrogens (tertiary/aromatic N) is 1. The fourth-order valence-electron chi connectivity index (χ4n) is 2.57. The molecule has 0 amide bonds. The Morgan fingerprint density at radius 1 is 1.17 bits per heavy atom. The molecule has 1 fully saturated rings. The number of hydrogen-bond acceptors (Lipinski definition) is 2. The molecule has 0 aromatic heterocycles. The Morgan fingerprint density at radius 3 is 2.30 bits per heavy atom. The Hall–Kier alpha value is -0.270. The standard InChI is InChI=1S/C14H17ClF4N2.2ClH/c15-11-2-1-10(9-12(11)16)13(3-4-14(17,18)19)21-7-5-20-6-8-21;;/h1-2,9,13,20H,3-8H2;2*1H/t13-;;/m1../s1. The summed E-state index contributed by atoms with van der Waals surface area (Å²) in [6.07, 6.45) is -5.17. The molecular formula is C14H19Cl3F4N2. The minimum absolute atomic E-state index is 0. The van der Waals surface area contributed by atoms with Crippen LogP contribution in [0.3, 0.4) is 0 Å². The Morgan fingerprint density at radius 2 is 1.78 bits per heavy atom. The number of piperazine rings is 1. The fraction of sp³-hybridized carbons (Fsp3) is 0.571. The van der Waals surface area contributed by atoms with Crippen molar-refractivity contribution < 1.29 is 17.6 Å². The van der Waals surface area contributed by atoms with E-state index < -0.39 is 24.5 Å².